The van der Waals surface area contributed by atoms with Gasteiger partial charge in [0.25, 0.3) is 0 Å². The first-order valence-electron chi connectivity index (χ1n) is 8.01. The summed E-state index contributed by atoms with van der Waals surface area (Å²) in [5, 5.41) is 2.94. The smallest absolute Gasteiger partial charge is 0.318 e. The summed E-state index contributed by atoms with van der Waals surface area (Å²) >= 11 is 0. The first-order valence-corrected chi connectivity index (χ1v) is 10.1. The summed E-state index contributed by atoms with van der Waals surface area (Å²) in [5.74, 6) is -0.0339. The molecule has 0 spiro atoms. The number of rotatable bonds is 7. The molecule has 0 aliphatic carbocycles. The van der Waals surface area contributed by atoms with E-state index >= 15 is 0 Å². The summed E-state index contributed by atoms with van der Waals surface area (Å²) in [6.45, 7) is 8.09. The van der Waals surface area contributed by atoms with Gasteiger partial charge in [-0.05, 0) is 38.3 Å². The summed E-state index contributed by atoms with van der Waals surface area (Å²) in [6, 6.07) is 7.41. The van der Waals surface area contributed by atoms with Crippen molar-refractivity contribution in [1.29, 1.82) is 0 Å². The molecule has 0 saturated carbocycles. The summed E-state index contributed by atoms with van der Waals surface area (Å²) < 4.78 is 22.9. The monoisotopic (exact) mass is 340 g/mol. The molecule has 0 aromatic heterocycles. The molecule has 1 aromatic rings. The predicted octanol–water partition coefficient (Wildman–Crippen LogP) is 2.77. The van der Waals surface area contributed by atoms with Gasteiger partial charge < -0.3 is 10.2 Å². The fraction of sp³-hybridized carbons (Fsp3) is 0.588. The molecular formula is C17H28N2O3S. The van der Waals surface area contributed by atoms with E-state index in [1.54, 1.807) is 11.8 Å². The minimum atomic E-state index is -3.12. The van der Waals surface area contributed by atoms with E-state index in [9.17, 15) is 13.2 Å². The number of nitrogens with zero attached hydrogens (tertiary/aromatic N) is 1. The van der Waals surface area contributed by atoms with Crippen LogP contribution in [0.2, 0.25) is 0 Å². The molecule has 0 saturated heterocycles. The molecule has 0 aliphatic rings. The molecule has 23 heavy (non-hydrogen) atoms. The van der Waals surface area contributed by atoms with Gasteiger partial charge >= 0.3 is 6.03 Å². The van der Waals surface area contributed by atoms with Gasteiger partial charge in [0.05, 0.1) is 11.8 Å². The van der Waals surface area contributed by atoms with Gasteiger partial charge in [0.1, 0.15) is 9.84 Å². The van der Waals surface area contributed by atoms with Gasteiger partial charge in [-0.2, -0.15) is 0 Å². The van der Waals surface area contributed by atoms with Crippen molar-refractivity contribution in [1.82, 2.24) is 10.2 Å². The average molecular weight is 340 g/mol. The SMILES string of the molecule is CCc1ccc([C@H](C)NC(=O)N(CC)[C@@H](C)CS(C)(=O)=O)cc1. The molecule has 2 amide bonds. The van der Waals surface area contributed by atoms with Crippen LogP contribution in [-0.4, -0.2) is 43.9 Å². The van der Waals surface area contributed by atoms with Crippen molar-refractivity contribution in [2.75, 3.05) is 18.6 Å². The number of sulfone groups is 1. The number of urea groups is 1. The van der Waals surface area contributed by atoms with Gasteiger partial charge in [0.15, 0.2) is 0 Å². The molecule has 0 bridgehead atoms. The van der Waals surface area contributed by atoms with Crippen molar-refractivity contribution in [3.05, 3.63) is 35.4 Å². The maximum absolute atomic E-state index is 12.4. The highest BCUT2D eigenvalue weighted by Gasteiger charge is 2.23. The zero-order valence-electron chi connectivity index (χ0n) is 14.7. The molecule has 0 unspecified atom stereocenters. The predicted molar refractivity (Wildman–Crippen MR) is 94.3 cm³/mol. The van der Waals surface area contributed by atoms with Crippen LogP contribution < -0.4 is 5.32 Å². The first kappa shape index (κ1) is 19.5. The van der Waals surface area contributed by atoms with Gasteiger partial charge in [0.2, 0.25) is 0 Å². The number of amides is 2. The third-order valence-corrected chi connectivity index (χ3v) is 4.99. The molecule has 2 atom stereocenters. The van der Waals surface area contributed by atoms with Crippen LogP contribution >= 0.6 is 0 Å². The lowest BCUT2D eigenvalue weighted by molar-refractivity contribution is 0.184. The zero-order valence-corrected chi connectivity index (χ0v) is 15.5. The Balaban J connectivity index is 2.74. The van der Waals surface area contributed by atoms with E-state index in [-0.39, 0.29) is 23.9 Å². The summed E-state index contributed by atoms with van der Waals surface area (Å²) in [5.41, 5.74) is 2.28. The lowest BCUT2D eigenvalue weighted by Crippen LogP contribution is -2.47. The van der Waals surface area contributed by atoms with Crippen molar-refractivity contribution < 1.29 is 13.2 Å². The Kier molecular flexibility index (Phi) is 7.06. The van der Waals surface area contributed by atoms with Crippen LogP contribution in [0.4, 0.5) is 4.79 Å². The summed E-state index contributed by atoms with van der Waals surface area (Å²) in [7, 11) is -3.12. The second-order valence-electron chi connectivity index (χ2n) is 5.99. The molecular weight excluding hydrogens is 312 g/mol. The Morgan fingerprint density at radius 1 is 1.17 bits per heavy atom. The maximum atomic E-state index is 12.4. The molecule has 1 N–H and O–H groups in total. The highest BCUT2D eigenvalue weighted by atomic mass is 32.2. The fourth-order valence-corrected chi connectivity index (χ4v) is 3.63. The Labute approximate surface area is 140 Å². The van der Waals surface area contributed by atoms with E-state index in [1.165, 1.54) is 11.8 Å². The number of nitrogens with one attached hydrogen (secondary N) is 1. The lowest BCUT2D eigenvalue weighted by atomic mass is 10.1. The standard InChI is InChI=1S/C17H28N2O3S/c1-6-15-8-10-16(11-9-15)14(4)18-17(20)19(7-2)13(3)12-23(5,21)22/h8-11,13-14H,6-7,12H2,1-5H3,(H,18,20)/t13-,14-/m0/s1. The van der Waals surface area contributed by atoms with E-state index < -0.39 is 9.84 Å². The van der Waals surface area contributed by atoms with E-state index in [2.05, 4.69) is 24.4 Å². The molecule has 0 fully saturated rings. The van der Waals surface area contributed by atoms with Crippen molar-refractivity contribution in [2.45, 2.75) is 46.2 Å². The van der Waals surface area contributed by atoms with Crippen LogP contribution in [0, 0.1) is 0 Å². The second kappa shape index (κ2) is 8.34. The molecule has 6 heteroatoms. The molecule has 1 aromatic carbocycles. The number of hydrogen-bond acceptors (Lipinski definition) is 3. The number of benzene rings is 1. The third kappa shape index (κ3) is 6.22. The molecule has 130 valence electrons. The van der Waals surface area contributed by atoms with Crippen molar-refractivity contribution in [3.63, 3.8) is 0 Å². The van der Waals surface area contributed by atoms with E-state index in [0.29, 0.717) is 6.54 Å². The van der Waals surface area contributed by atoms with Crippen molar-refractivity contribution >= 4 is 15.9 Å². The minimum Gasteiger partial charge on any atom is -0.331 e. The number of aryl methyl sites for hydroxylation is 1. The van der Waals surface area contributed by atoms with Crippen LogP contribution in [0.1, 0.15) is 44.9 Å². The summed E-state index contributed by atoms with van der Waals surface area (Å²) in [6.07, 6.45) is 2.17. The Hall–Kier alpha value is -1.56. The number of carbonyl (C=O) groups is 1. The quantitative estimate of drug-likeness (QED) is 0.830. The van der Waals surface area contributed by atoms with Crippen LogP contribution in [0.25, 0.3) is 0 Å². The second-order valence-corrected chi connectivity index (χ2v) is 8.18. The molecule has 0 heterocycles. The molecule has 5 nitrogen and oxygen atoms in total. The number of hydrogen-bond donors (Lipinski definition) is 1. The van der Waals surface area contributed by atoms with E-state index in [4.69, 9.17) is 0 Å². The van der Waals surface area contributed by atoms with Crippen LogP contribution in [0.3, 0.4) is 0 Å². The third-order valence-electron chi connectivity index (χ3n) is 3.91. The van der Waals surface area contributed by atoms with E-state index in [1.807, 2.05) is 26.0 Å². The highest BCUT2D eigenvalue weighted by molar-refractivity contribution is 7.90. The van der Waals surface area contributed by atoms with Crippen LogP contribution in [0.15, 0.2) is 24.3 Å². The maximum Gasteiger partial charge on any atom is 0.318 e. The van der Waals surface area contributed by atoms with E-state index in [0.717, 1.165) is 12.0 Å². The average Bonchev–Trinajstić information content (AvgIpc) is 2.46. The zero-order chi connectivity index (χ0) is 17.6. The van der Waals surface area contributed by atoms with Gasteiger partial charge in [0, 0.05) is 18.8 Å². The van der Waals surface area contributed by atoms with Gasteiger partial charge in [-0.25, -0.2) is 13.2 Å². The highest BCUT2D eigenvalue weighted by Crippen LogP contribution is 2.15. The van der Waals surface area contributed by atoms with Crippen molar-refractivity contribution in [2.24, 2.45) is 0 Å². The minimum absolute atomic E-state index is 0.0339. The normalized spacial score (nSPS) is 14.1. The van der Waals surface area contributed by atoms with Crippen LogP contribution in [0.5, 0.6) is 0 Å². The van der Waals surface area contributed by atoms with Crippen LogP contribution in [-0.2, 0) is 16.3 Å². The lowest BCUT2D eigenvalue weighted by Gasteiger charge is -2.29. The Morgan fingerprint density at radius 3 is 2.17 bits per heavy atom. The largest absolute Gasteiger partial charge is 0.331 e. The van der Waals surface area contributed by atoms with Gasteiger partial charge in [-0.3, -0.25) is 0 Å². The van der Waals surface area contributed by atoms with Gasteiger partial charge in [-0.15, -0.1) is 0 Å². The Bertz CT molecular complexity index is 611. The van der Waals surface area contributed by atoms with Gasteiger partial charge in [-0.1, -0.05) is 31.2 Å². The van der Waals surface area contributed by atoms with Crippen molar-refractivity contribution in [3.8, 4) is 0 Å². The fourth-order valence-electron chi connectivity index (χ4n) is 2.58. The number of carbonyl (C=O) groups excluding carboxylic acids is 1. The first-order chi connectivity index (χ1) is 10.7. The molecule has 1 rings (SSSR count). The molecule has 0 aliphatic heterocycles. The summed E-state index contributed by atoms with van der Waals surface area (Å²) in [4.78, 5) is 14.0. The Morgan fingerprint density at radius 2 is 1.74 bits per heavy atom. The molecule has 0 radical (unpaired) electrons. The topological polar surface area (TPSA) is 66.5 Å².